The van der Waals surface area contributed by atoms with E-state index in [9.17, 15) is 4.57 Å². The minimum absolute atomic E-state index is 0.102. The van der Waals surface area contributed by atoms with E-state index in [4.69, 9.17) is 0 Å². The maximum atomic E-state index is 12.5. The predicted octanol–water partition coefficient (Wildman–Crippen LogP) is 2.16. The van der Waals surface area contributed by atoms with Crippen LogP contribution < -0.4 is 5.09 Å². The maximum Gasteiger partial charge on any atom is 0.283 e. The fourth-order valence-electron chi connectivity index (χ4n) is 1.35. The van der Waals surface area contributed by atoms with Crippen molar-refractivity contribution < 1.29 is 4.57 Å². The van der Waals surface area contributed by atoms with Crippen molar-refractivity contribution in [1.82, 2.24) is 14.4 Å². The van der Waals surface area contributed by atoms with Gasteiger partial charge in [0.05, 0.1) is 0 Å². The lowest BCUT2D eigenvalue weighted by Crippen LogP contribution is -2.36. The highest BCUT2D eigenvalue weighted by atomic mass is 31.2. The Labute approximate surface area is 93.9 Å². The van der Waals surface area contributed by atoms with Crippen molar-refractivity contribution in [1.29, 1.82) is 0 Å². The standard InChI is InChI=1S/C10H24N3OP/c1-7-9-10(8-2)11-15(14,12(3)4)13(5)6/h8,10H,2,7,9H2,1,3-6H3,(H,11,14). The lowest BCUT2D eigenvalue weighted by molar-refractivity contribution is 0.423. The Morgan fingerprint density at radius 3 is 2.07 bits per heavy atom. The average molecular weight is 233 g/mol. The van der Waals surface area contributed by atoms with Crippen LogP contribution in [-0.4, -0.2) is 43.6 Å². The van der Waals surface area contributed by atoms with E-state index in [2.05, 4.69) is 18.6 Å². The summed E-state index contributed by atoms with van der Waals surface area (Å²) in [5.74, 6) is 0. The van der Waals surface area contributed by atoms with Crippen LogP contribution in [0.2, 0.25) is 0 Å². The van der Waals surface area contributed by atoms with Gasteiger partial charge in [0.25, 0.3) is 7.59 Å². The molecule has 0 saturated heterocycles. The highest BCUT2D eigenvalue weighted by Gasteiger charge is 2.29. The molecule has 0 amide bonds. The van der Waals surface area contributed by atoms with Crippen LogP contribution in [0.1, 0.15) is 19.8 Å². The zero-order chi connectivity index (χ0) is 12.1. The zero-order valence-electron chi connectivity index (χ0n) is 10.5. The van der Waals surface area contributed by atoms with E-state index in [0.717, 1.165) is 12.8 Å². The van der Waals surface area contributed by atoms with Crippen LogP contribution in [0.15, 0.2) is 12.7 Å². The fourth-order valence-corrected chi connectivity index (χ4v) is 3.19. The number of hydrogen-bond donors (Lipinski definition) is 1. The van der Waals surface area contributed by atoms with E-state index in [1.807, 2.05) is 34.3 Å². The topological polar surface area (TPSA) is 35.6 Å². The summed E-state index contributed by atoms with van der Waals surface area (Å²) in [5, 5.41) is 3.17. The summed E-state index contributed by atoms with van der Waals surface area (Å²) in [6.45, 7) is 5.87. The number of rotatable bonds is 7. The van der Waals surface area contributed by atoms with Crippen LogP contribution in [0.4, 0.5) is 0 Å². The van der Waals surface area contributed by atoms with Gasteiger partial charge in [-0.25, -0.2) is 14.4 Å². The third-order valence-electron chi connectivity index (χ3n) is 2.30. The quantitative estimate of drug-likeness (QED) is 0.540. The van der Waals surface area contributed by atoms with Gasteiger partial charge >= 0.3 is 0 Å². The van der Waals surface area contributed by atoms with E-state index >= 15 is 0 Å². The summed E-state index contributed by atoms with van der Waals surface area (Å²) < 4.78 is 16.0. The molecule has 0 aliphatic heterocycles. The highest BCUT2D eigenvalue weighted by molar-refractivity contribution is 7.56. The Kier molecular flexibility index (Phi) is 6.37. The van der Waals surface area contributed by atoms with Crippen molar-refractivity contribution >= 4 is 7.59 Å². The monoisotopic (exact) mass is 233 g/mol. The Balaban J connectivity index is 4.67. The molecule has 0 heterocycles. The molecule has 0 rings (SSSR count). The van der Waals surface area contributed by atoms with Crippen molar-refractivity contribution in [3.63, 3.8) is 0 Å². The molecular formula is C10H24N3OP. The molecule has 1 unspecified atom stereocenters. The summed E-state index contributed by atoms with van der Waals surface area (Å²) in [6, 6.07) is 0.102. The van der Waals surface area contributed by atoms with Crippen LogP contribution in [-0.2, 0) is 4.57 Å². The van der Waals surface area contributed by atoms with Gasteiger partial charge in [0.1, 0.15) is 0 Å². The second kappa shape index (κ2) is 6.44. The summed E-state index contributed by atoms with van der Waals surface area (Å²) in [5.41, 5.74) is 0. The van der Waals surface area contributed by atoms with Crippen LogP contribution in [0.3, 0.4) is 0 Å². The largest absolute Gasteiger partial charge is 0.283 e. The van der Waals surface area contributed by atoms with Crippen LogP contribution in [0.25, 0.3) is 0 Å². The van der Waals surface area contributed by atoms with Crippen LogP contribution in [0.5, 0.6) is 0 Å². The first-order valence-electron chi connectivity index (χ1n) is 5.24. The SMILES string of the molecule is C=CC(CCC)NP(=O)(N(C)C)N(C)C. The van der Waals surface area contributed by atoms with Gasteiger partial charge < -0.3 is 0 Å². The van der Waals surface area contributed by atoms with E-state index in [0.29, 0.717) is 0 Å². The molecule has 0 aromatic carbocycles. The van der Waals surface area contributed by atoms with Crippen LogP contribution in [0, 0.1) is 0 Å². The molecule has 1 N–H and O–H groups in total. The van der Waals surface area contributed by atoms with Gasteiger partial charge in [-0.15, -0.1) is 6.58 Å². The lowest BCUT2D eigenvalue weighted by atomic mass is 10.2. The summed E-state index contributed by atoms with van der Waals surface area (Å²) in [4.78, 5) is 0. The molecule has 1 atom stereocenters. The molecule has 5 heteroatoms. The first kappa shape index (κ1) is 14.8. The molecule has 0 aromatic heterocycles. The highest BCUT2D eigenvalue weighted by Crippen LogP contribution is 2.45. The Morgan fingerprint density at radius 1 is 1.33 bits per heavy atom. The summed E-state index contributed by atoms with van der Waals surface area (Å²) in [7, 11) is 4.66. The molecule has 0 aromatic rings. The summed E-state index contributed by atoms with van der Waals surface area (Å²) in [6.07, 6.45) is 3.82. The molecule has 0 aliphatic carbocycles. The molecule has 0 saturated carbocycles. The van der Waals surface area contributed by atoms with E-state index < -0.39 is 7.59 Å². The van der Waals surface area contributed by atoms with Crippen molar-refractivity contribution in [3.05, 3.63) is 12.7 Å². The molecule has 0 fully saturated rings. The van der Waals surface area contributed by atoms with Crippen molar-refractivity contribution in [3.8, 4) is 0 Å². The molecule has 90 valence electrons. The molecule has 0 spiro atoms. The van der Waals surface area contributed by atoms with E-state index in [1.54, 1.807) is 9.34 Å². The van der Waals surface area contributed by atoms with Crippen molar-refractivity contribution in [2.24, 2.45) is 0 Å². The van der Waals surface area contributed by atoms with Gasteiger partial charge in [-0.3, -0.25) is 4.57 Å². The zero-order valence-corrected chi connectivity index (χ0v) is 11.4. The number of nitrogens with zero attached hydrogens (tertiary/aromatic N) is 2. The molecule has 15 heavy (non-hydrogen) atoms. The van der Waals surface area contributed by atoms with Gasteiger partial charge in [-0.05, 0) is 34.6 Å². The number of hydrogen-bond acceptors (Lipinski definition) is 1. The molecule has 0 aliphatic rings. The van der Waals surface area contributed by atoms with Gasteiger partial charge in [0, 0.05) is 6.04 Å². The molecule has 0 bridgehead atoms. The molecular weight excluding hydrogens is 209 g/mol. The van der Waals surface area contributed by atoms with E-state index in [-0.39, 0.29) is 6.04 Å². The predicted molar refractivity (Wildman–Crippen MR) is 67.0 cm³/mol. The van der Waals surface area contributed by atoms with Gasteiger partial charge in [-0.2, -0.15) is 0 Å². The second-order valence-corrected chi connectivity index (χ2v) is 6.94. The smallest absolute Gasteiger partial charge is 0.271 e. The average Bonchev–Trinajstić information content (AvgIpc) is 2.16. The summed E-state index contributed by atoms with van der Waals surface area (Å²) >= 11 is 0. The Morgan fingerprint density at radius 2 is 1.80 bits per heavy atom. The second-order valence-electron chi connectivity index (χ2n) is 4.00. The number of nitrogens with one attached hydrogen (secondary N) is 1. The Bertz CT molecular complexity index is 229. The Hall–Kier alpha value is -0.150. The van der Waals surface area contributed by atoms with Crippen molar-refractivity contribution in [2.75, 3.05) is 28.2 Å². The molecule has 0 radical (unpaired) electrons. The minimum atomic E-state index is -2.62. The first-order chi connectivity index (χ1) is 6.88. The maximum absolute atomic E-state index is 12.5. The van der Waals surface area contributed by atoms with Crippen molar-refractivity contribution in [2.45, 2.75) is 25.8 Å². The van der Waals surface area contributed by atoms with Gasteiger partial charge in [0.15, 0.2) is 0 Å². The van der Waals surface area contributed by atoms with Gasteiger partial charge in [-0.1, -0.05) is 19.4 Å². The van der Waals surface area contributed by atoms with E-state index in [1.165, 1.54) is 0 Å². The lowest BCUT2D eigenvalue weighted by Gasteiger charge is -2.33. The third kappa shape index (κ3) is 4.07. The normalized spacial score (nSPS) is 14.6. The molecule has 4 nitrogen and oxygen atoms in total. The first-order valence-corrected chi connectivity index (χ1v) is 6.85. The minimum Gasteiger partial charge on any atom is -0.271 e. The van der Waals surface area contributed by atoms with Crippen LogP contribution >= 0.6 is 7.59 Å². The van der Waals surface area contributed by atoms with Gasteiger partial charge in [0.2, 0.25) is 0 Å². The third-order valence-corrected chi connectivity index (χ3v) is 5.14. The fraction of sp³-hybridized carbons (Fsp3) is 0.800.